The first-order valence-electron chi connectivity index (χ1n) is 27.1. The molecule has 7 aromatic rings. The van der Waals surface area contributed by atoms with E-state index in [4.69, 9.17) is 14.2 Å². The number of nitrogens with one attached hydrogen (secondary N) is 4. The van der Waals surface area contributed by atoms with Gasteiger partial charge in [0.15, 0.2) is 21.7 Å². The minimum atomic E-state index is -0.530. The number of aromatic nitrogens is 2. The Labute approximate surface area is 432 Å². The van der Waals surface area contributed by atoms with Crippen LogP contribution in [0.1, 0.15) is 105 Å². The zero-order chi connectivity index (χ0) is 53.2. The molecule has 5 aromatic carbocycles. The molecule has 2 aromatic heterocycles. The molecular formula is C58H70N6O11. The highest BCUT2D eigenvalue weighted by atomic mass is 16.5. The number of benzene rings is 5. The van der Waals surface area contributed by atoms with Gasteiger partial charge in [0.25, 0.3) is 22.2 Å². The summed E-state index contributed by atoms with van der Waals surface area (Å²) in [5.41, 5.74) is -2.54. The van der Waals surface area contributed by atoms with Crippen LogP contribution in [0.4, 0.5) is 22.7 Å². The Morgan fingerprint density at radius 2 is 0.680 bits per heavy atom. The quantitative estimate of drug-likeness (QED) is 0.0251. The van der Waals surface area contributed by atoms with Gasteiger partial charge in [-0.15, -0.1) is 0 Å². The molecule has 17 nitrogen and oxygen atoms in total. The average Bonchev–Trinajstić information content (AvgIpc) is 3.83. The number of anilines is 4. The van der Waals surface area contributed by atoms with E-state index in [9.17, 15) is 38.4 Å². The van der Waals surface area contributed by atoms with Crippen molar-refractivity contribution in [3.8, 4) is 0 Å². The third-order valence-corrected chi connectivity index (χ3v) is 14.2. The van der Waals surface area contributed by atoms with Crippen molar-refractivity contribution in [2.24, 2.45) is 0 Å². The van der Waals surface area contributed by atoms with E-state index in [2.05, 4.69) is 21.3 Å². The van der Waals surface area contributed by atoms with Gasteiger partial charge in [0.05, 0.1) is 92.3 Å². The van der Waals surface area contributed by atoms with E-state index in [0.29, 0.717) is 62.3 Å². The van der Waals surface area contributed by atoms with Crippen LogP contribution in [0.25, 0.3) is 66.0 Å². The molecule has 0 atom stereocenters. The van der Waals surface area contributed by atoms with E-state index in [1.165, 1.54) is 9.13 Å². The summed E-state index contributed by atoms with van der Waals surface area (Å²) in [5, 5.41) is 15.4. The fourth-order valence-corrected chi connectivity index (χ4v) is 10.4. The second-order valence-corrected chi connectivity index (χ2v) is 19.4. The first kappa shape index (κ1) is 54.4. The number of hydrogen-bond donors (Lipinski definition) is 4. The van der Waals surface area contributed by atoms with E-state index in [1.54, 1.807) is 36.4 Å². The Balaban J connectivity index is 0.889. The lowest BCUT2D eigenvalue weighted by molar-refractivity contribution is 0.0128. The molecule has 0 amide bonds. The average molecular weight is 1030 g/mol. The van der Waals surface area contributed by atoms with Crippen LogP contribution >= 0.6 is 0 Å². The van der Waals surface area contributed by atoms with Crippen molar-refractivity contribution in [2.45, 2.75) is 118 Å². The Kier molecular flexibility index (Phi) is 18.3. The second kappa shape index (κ2) is 25.1. The molecule has 0 fully saturated rings. The number of hydrogen-bond acceptors (Lipinski definition) is 15. The van der Waals surface area contributed by atoms with Crippen LogP contribution in [0, 0.1) is 0 Å². The van der Waals surface area contributed by atoms with Gasteiger partial charge in [-0.25, -0.2) is 0 Å². The Hall–Kier alpha value is -6.82. The zero-order valence-electron chi connectivity index (χ0n) is 43.8. The topological polar surface area (TPSA) is 222 Å². The van der Waals surface area contributed by atoms with Crippen molar-refractivity contribution in [1.29, 1.82) is 0 Å². The van der Waals surface area contributed by atoms with E-state index >= 15 is 0 Å². The fraction of sp³-hybridized carbons (Fsp3) is 0.483. The molecule has 0 bridgehead atoms. The van der Waals surface area contributed by atoms with E-state index in [-0.39, 0.29) is 151 Å². The molecule has 1 aliphatic carbocycles. The third-order valence-electron chi connectivity index (χ3n) is 14.2. The largest absolute Gasteiger partial charge is 0.384 e. The first-order chi connectivity index (χ1) is 36.5. The van der Waals surface area contributed by atoms with Gasteiger partial charge >= 0.3 is 0 Å². The first-order valence-corrected chi connectivity index (χ1v) is 27.1. The number of fused-ring (bicyclic) bond motifs is 6. The lowest BCUT2D eigenvalue weighted by Gasteiger charge is -2.16. The standard InChI is InChI=1S/C58H70N6O11/c1-5-9-23-59-47-39-40(52(66)36-20-14-13-19-35(36)51(39)65)48(60-24-10-6-2)44-43(47)55(69)63(56(44)70)27-17-29-73-31-33-75-34-32-74-30-18-28-64-57(71)45-46(58(64)72)50(62-26-12-8-4)42-41(49(45)61-25-11-7-3)53(67)37-21-15-16-22-38(37)54(42)68/h13-14,19-22,59-62H,5-12,15-18,23-34H2,1-4H3. The Morgan fingerprint density at radius 3 is 0.987 bits per heavy atom. The summed E-state index contributed by atoms with van der Waals surface area (Å²) in [6, 6.07) is 6.64. The van der Waals surface area contributed by atoms with Gasteiger partial charge in [-0.3, -0.25) is 47.5 Å². The van der Waals surface area contributed by atoms with Crippen LogP contribution in [0.3, 0.4) is 0 Å². The Morgan fingerprint density at radius 1 is 0.387 bits per heavy atom. The van der Waals surface area contributed by atoms with Crippen LogP contribution in [-0.2, 0) is 27.3 Å². The molecule has 0 radical (unpaired) electrons. The number of rotatable bonds is 30. The summed E-state index contributed by atoms with van der Waals surface area (Å²) in [5.74, 6) is 0. The van der Waals surface area contributed by atoms with Gasteiger partial charge in [0, 0.05) is 73.7 Å². The highest BCUT2D eigenvalue weighted by Crippen LogP contribution is 2.36. The summed E-state index contributed by atoms with van der Waals surface area (Å²) in [6.45, 7) is 11.5. The molecule has 0 spiro atoms. The van der Waals surface area contributed by atoms with Gasteiger partial charge < -0.3 is 35.5 Å². The highest BCUT2D eigenvalue weighted by Gasteiger charge is 2.29. The maximum atomic E-state index is 14.3. The monoisotopic (exact) mass is 1030 g/mol. The van der Waals surface area contributed by atoms with E-state index in [1.807, 2.05) is 27.7 Å². The van der Waals surface area contributed by atoms with Crippen LogP contribution in [-0.4, -0.2) is 75.0 Å². The van der Waals surface area contributed by atoms with Crippen molar-refractivity contribution < 1.29 is 14.2 Å². The van der Waals surface area contributed by atoms with Gasteiger partial charge in [-0.05, 0) is 51.4 Å². The number of unbranched alkanes of at least 4 members (excludes halogenated alkanes) is 4. The van der Waals surface area contributed by atoms with Crippen LogP contribution < -0.4 is 75.7 Å². The molecule has 0 aliphatic heterocycles. The van der Waals surface area contributed by atoms with Gasteiger partial charge in [0.2, 0.25) is 0 Å². The van der Waals surface area contributed by atoms with Crippen molar-refractivity contribution in [2.75, 3.05) is 87.1 Å². The molecule has 75 heavy (non-hydrogen) atoms. The molecule has 0 unspecified atom stereocenters. The SMILES string of the molecule is CCCCNc1c2c(=O)c3c(c(=O)c2c(NCCCC)c2c(=O)n(CCCOCCOCCOCCCn4c(=O)c5c(NCCCC)c6c(=O)c7ccccc7c(=O)c6c(NCCCC)c5c4=O)c(=O)c12)=CCCC=3. The number of ether oxygens (including phenoxy) is 3. The van der Waals surface area contributed by atoms with Crippen LogP contribution in [0.15, 0.2) is 62.6 Å². The normalized spacial score (nSPS) is 12.5. The molecule has 4 N–H and O–H groups in total. The third kappa shape index (κ3) is 10.7. The van der Waals surface area contributed by atoms with E-state index in [0.717, 1.165) is 51.4 Å². The molecule has 2 heterocycles. The minimum Gasteiger partial charge on any atom is -0.384 e. The van der Waals surface area contributed by atoms with Crippen LogP contribution in [0.2, 0.25) is 0 Å². The summed E-state index contributed by atoms with van der Waals surface area (Å²) < 4.78 is 19.7. The predicted molar refractivity (Wildman–Crippen MR) is 304 cm³/mol. The highest BCUT2D eigenvalue weighted by molar-refractivity contribution is 6.22. The second-order valence-electron chi connectivity index (χ2n) is 19.4. The maximum Gasteiger partial charge on any atom is 0.263 e. The summed E-state index contributed by atoms with van der Waals surface area (Å²) in [4.78, 5) is 114. The smallest absolute Gasteiger partial charge is 0.263 e. The molecule has 0 saturated heterocycles. The Bertz CT molecular complexity index is 3580. The fourth-order valence-electron chi connectivity index (χ4n) is 10.4. The minimum absolute atomic E-state index is 0.0592. The zero-order valence-corrected chi connectivity index (χ0v) is 43.8. The summed E-state index contributed by atoms with van der Waals surface area (Å²) in [6.07, 6.45) is 11.9. The summed E-state index contributed by atoms with van der Waals surface area (Å²) in [7, 11) is 0. The van der Waals surface area contributed by atoms with Gasteiger partial charge in [-0.2, -0.15) is 0 Å². The lowest BCUT2D eigenvalue weighted by Crippen LogP contribution is -2.49. The van der Waals surface area contributed by atoms with Crippen molar-refractivity contribution in [1.82, 2.24) is 9.13 Å². The van der Waals surface area contributed by atoms with Crippen LogP contribution in [0.5, 0.6) is 0 Å². The van der Waals surface area contributed by atoms with Crippen molar-refractivity contribution in [3.63, 3.8) is 0 Å². The van der Waals surface area contributed by atoms with E-state index < -0.39 is 22.2 Å². The van der Waals surface area contributed by atoms with Crippen molar-refractivity contribution >= 4 is 88.8 Å². The van der Waals surface area contributed by atoms with Crippen molar-refractivity contribution in [3.05, 3.63) is 117 Å². The maximum absolute atomic E-state index is 14.3. The molecule has 1 aliphatic rings. The molecule has 17 heteroatoms. The number of nitrogens with zero attached hydrogens (tertiary/aromatic N) is 2. The molecule has 0 saturated carbocycles. The summed E-state index contributed by atoms with van der Waals surface area (Å²) >= 11 is 0. The molecule has 8 rings (SSSR count). The molecule has 398 valence electrons. The predicted octanol–water partition coefficient (Wildman–Crippen LogP) is 5.42. The van der Waals surface area contributed by atoms with Gasteiger partial charge in [-0.1, -0.05) is 89.8 Å². The lowest BCUT2D eigenvalue weighted by atomic mass is 9.95. The van der Waals surface area contributed by atoms with Gasteiger partial charge in [0.1, 0.15) is 0 Å². The molecular weight excluding hydrogens is 957 g/mol.